The molecule has 0 N–H and O–H groups in total. The highest BCUT2D eigenvalue weighted by atomic mass is 35.5. The molecular weight excluding hydrogens is 402 g/mol. The largest absolute Gasteiger partial charge is 0.466 e. The van der Waals surface area contributed by atoms with Crippen molar-refractivity contribution in [3.8, 4) is 0 Å². The van der Waals surface area contributed by atoms with Gasteiger partial charge in [0.15, 0.2) is 0 Å². The summed E-state index contributed by atoms with van der Waals surface area (Å²) in [4.78, 5) is 27.8. The van der Waals surface area contributed by atoms with Crippen LogP contribution >= 0.6 is 11.6 Å². The topological polar surface area (TPSA) is 64.4 Å². The molecule has 2 heterocycles. The highest BCUT2D eigenvalue weighted by molar-refractivity contribution is 6.30. The van der Waals surface area contributed by atoms with Crippen molar-refractivity contribution in [2.24, 2.45) is 5.41 Å². The number of rotatable bonds is 6. The molecule has 0 bridgehead atoms. The monoisotopic (exact) mass is 431 g/mol. The lowest BCUT2D eigenvalue weighted by Gasteiger charge is -2.40. The van der Waals surface area contributed by atoms with Crippen LogP contribution in [0, 0.1) is 19.3 Å². The summed E-state index contributed by atoms with van der Waals surface area (Å²) in [7, 11) is 0. The molecule has 30 heavy (non-hydrogen) atoms. The van der Waals surface area contributed by atoms with Crippen molar-refractivity contribution in [1.29, 1.82) is 0 Å². The van der Waals surface area contributed by atoms with Crippen LogP contribution in [-0.4, -0.2) is 46.3 Å². The van der Waals surface area contributed by atoms with Crippen molar-refractivity contribution < 1.29 is 14.3 Å². The number of carbonyl (C=O) groups excluding carboxylic acids is 2. The van der Waals surface area contributed by atoms with E-state index in [0.29, 0.717) is 44.0 Å². The molecule has 1 amide bonds. The Balaban J connectivity index is 1.73. The Hall–Kier alpha value is -2.34. The molecule has 0 unspecified atom stereocenters. The molecule has 1 aliphatic heterocycles. The van der Waals surface area contributed by atoms with E-state index in [1.165, 1.54) is 0 Å². The number of benzene rings is 1. The Labute approximate surface area is 183 Å². The minimum atomic E-state index is -0.623. The summed E-state index contributed by atoms with van der Waals surface area (Å²) in [5.74, 6) is -0.149. The molecule has 1 fully saturated rings. The van der Waals surface area contributed by atoms with Gasteiger partial charge in [0.25, 0.3) is 0 Å². The van der Waals surface area contributed by atoms with Crippen LogP contribution in [0.2, 0.25) is 5.02 Å². The molecule has 1 atom stereocenters. The maximum atomic E-state index is 13.1. The molecule has 3 rings (SSSR count). The Bertz CT molecular complexity index is 899. The Morgan fingerprint density at radius 2 is 1.83 bits per heavy atom. The van der Waals surface area contributed by atoms with E-state index < -0.39 is 5.41 Å². The average Bonchev–Trinajstić information content (AvgIpc) is 3.07. The number of aryl methyl sites for hydroxylation is 2. The number of carbonyl (C=O) groups is 2. The first-order valence-electron chi connectivity index (χ1n) is 10.5. The van der Waals surface area contributed by atoms with Crippen molar-refractivity contribution in [1.82, 2.24) is 14.7 Å². The molecule has 1 aromatic heterocycles. The standard InChI is InChI=1S/C23H30ClN3O3/c1-5-30-22(29)23(15-19-6-8-20(24)9-7-19)10-12-26(13-11-23)21(28)18(4)27-17(3)14-16(2)25-27/h6-9,14,18H,5,10-13,15H2,1-4H3/t18-/m1/s1. The van der Waals surface area contributed by atoms with Gasteiger partial charge in [0, 0.05) is 23.8 Å². The number of piperidine rings is 1. The number of amides is 1. The fourth-order valence-electron chi connectivity index (χ4n) is 4.29. The van der Waals surface area contributed by atoms with Gasteiger partial charge in [0.2, 0.25) is 5.91 Å². The van der Waals surface area contributed by atoms with Crippen LogP contribution in [0.5, 0.6) is 0 Å². The lowest BCUT2D eigenvalue weighted by Crippen LogP contribution is -2.49. The van der Waals surface area contributed by atoms with Gasteiger partial charge >= 0.3 is 5.97 Å². The van der Waals surface area contributed by atoms with E-state index >= 15 is 0 Å². The van der Waals surface area contributed by atoms with Crippen LogP contribution in [0.25, 0.3) is 0 Å². The zero-order valence-electron chi connectivity index (χ0n) is 18.2. The summed E-state index contributed by atoms with van der Waals surface area (Å²) in [5, 5.41) is 5.12. The Morgan fingerprint density at radius 3 is 2.37 bits per heavy atom. The minimum Gasteiger partial charge on any atom is -0.466 e. The molecule has 2 aromatic rings. The summed E-state index contributed by atoms with van der Waals surface area (Å²) < 4.78 is 7.21. The third kappa shape index (κ3) is 4.69. The van der Waals surface area contributed by atoms with Crippen molar-refractivity contribution >= 4 is 23.5 Å². The van der Waals surface area contributed by atoms with Gasteiger partial charge in [0.05, 0.1) is 17.7 Å². The lowest BCUT2D eigenvalue weighted by molar-refractivity contribution is -0.160. The summed E-state index contributed by atoms with van der Waals surface area (Å²) >= 11 is 6.01. The Morgan fingerprint density at radius 1 is 1.20 bits per heavy atom. The van der Waals surface area contributed by atoms with E-state index in [1.54, 1.807) is 4.68 Å². The second kappa shape index (κ2) is 9.21. The molecule has 0 aliphatic carbocycles. The van der Waals surface area contributed by atoms with Crippen LogP contribution < -0.4 is 0 Å². The van der Waals surface area contributed by atoms with E-state index in [0.717, 1.165) is 17.0 Å². The van der Waals surface area contributed by atoms with E-state index in [-0.39, 0.29) is 17.9 Å². The number of ether oxygens (including phenoxy) is 1. The second-order valence-electron chi connectivity index (χ2n) is 8.18. The van der Waals surface area contributed by atoms with E-state index in [4.69, 9.17) is 16.3 Å². The number of hydrogen-bond acceptors (Lipinski definition) is 4. The van der Waals surface area contributed by atoms with Crippen LogP contribution in [0.15, 0.2) is 30.3 Å². The third-order valence-electron chi connectivity index (χ3n) is 5.97. The van der Waals surface area contributed by atoms with Gasteiger partial charge in [-0.15, -0.1) is 0 Å². The zero-order chi connectivity index (χ0) is 21.9. The molecule has 1 aliphatic rings. The fourth-order valence-corrected chi connectivity index (χ4v) is 4.42. The first kappa shape index (κ1) is 22.3. The number of hydrogen-bond donors (Lipinski definition) is 0. The molecule has 1 aromatic carbocycles. The van der Waals surface area contributed by atoms with Crippen LogP contribution in [0.3, 0.4) is 0 Å². The number of esters is 1. The number of likely N-dealkylation sites (tertiary alicyclic amines) is 1. The highest BCUT2D eigenvalue weighted by Gasteiger charge is 2.44. The smallest absolute Gasteiger partial charge is 0.312 e. The molecule has 0 spiro atoms. The van der Waals surface area contributed by atoms with Gasteiger partial charge in [0.1, 0.15) is 6.04 Å². The fraction of sp³-hybridized carbons (Fsp3) is 0.522. The summed E-state index contributed by atoms with van der Waals surface area (Å²) in [6, 6.07) is 9.18. The predicted octanol–water partition coefficient (Wildman–Crippen LogP) is 4.13. The molecule has 162 valence electrons. The maximum absolute atomic E-state index is 13.1. The summed E-state index contributed by atoms with van der Waals surface area (Å²) in [6.07, 6.45) is 1.73. The normalized spacial score (nSPS) is 16.9. The highest BCUT2D eigenvalue weighted by Crippen LogP contribution is 2.37. The van der Waals surface area contributed by atoms with Gasteiger partial charge in [-0.3, -0.25) is 14.3 Å². The van der Waals surface area contributed by atoms with E-state index in [1.807, 2.05) is 62.9 Å². The maximum Gasteiger partial charge on any atom is 0.312 e. The SMILES string of the molecule is CCOC(=O)C1(Cc2ccc(Cl)cc2)CCN(C(=O)[C@@H](C)n2nc(C)cc2C)CC1. The van der Waals surface area contributed by atoms with Crippen LogP contribution in [0.1, 0.15) is 49.7 Å². The molecule has 0 radical (unpaired) electrons. The van der Waals surface area contributed by atoms with Gasteiger partial charge < -0.3 is 9.64 Å². The van der Waals surface area contributed by atoms with Crippen LogP contribution in [0.4, 0.5) is 0 Å². The zero-order valence-corrected chi connectivity index (χ0v) is 18.9. The van der Waals surface area contributed by atoms with E-state index in [9.17, 15) is 9.59 Å². The van der Waals surface area contributed by atoms with Crippen molar-refractivity contribution in [2.75, 3.05) is 19.7 Å². The molecule has 1 saturated heterocycles. The van der Waals surface area contributed by atoms with Gasteiger partial charge in [-0.1, -0.05) is 23.7 Å². The second-order valence-corrected chi connectivity index (χ2v) is 8.61. The van der Waals surface area contributed by atoms with E-state index in [2.05, 4.69) is 5.10 Å². The Kier molecular flexibility index (Phi) is 6.86. The number of nitrogens with zero attached hydrogens (tertiary/aromatic N) is 3. The van der Waals surface area contributed by atoms with Crippen LogP contribution in [-0.2, 0) is 20.7 Å². The number of halogens is 1. The predicted molar refractivity (Wildman–Crippen MR) is 116 cm³/mol. The van der Waals surface area contributed by atoms with Crippen molar-refractivity contribution in [3.05, 3.63) is 52.3 Å². The first-order valence-corrected chi connectivity index (χ1v) is 10.9. The third-order valence-corrected chi connectivity index (χ3v) is 6.22. The van der Waals surface area contributed by atoms with Gasteiger partial charge in [-0.25, -0.2) is 0 Å². The molecule has 7 heteroatoms. The number of aromatic nitrogens is 2. The molecular formula is C23H30ClN3O3. The van der Waals surface area contributed by atoms with Crippen molar-refractivity contribution in [3.63, 3.8) is 0 Å². The van der Waals surface area contributed by atoms with Crippen molar-refractivity contribution in [2.45, 2.75) is 53.0 Å². The lowest BCUT2D eigenvalue weighted by atomic mass is 9.73. The summed E-state index contributed by atoms with van der Waals surface area (Å²) in [5.41, 5.74) is 2.29. The minimum absolute atomic E-state index is 0.0325. The molecule has 6 nitrogen and oxygen atoms in total. The summed E-state index contributed by atoms with van der Waals surface area (Å²) in [6.45, 7) is 8.97. The van der Waals surface area contributed by atoms with Gasteiger partial charge in [-0.2, -0.15) is 5.10 Å². The first-order chi connectivity index (χ1) is 14.3. The molecule has 0 saturated carbocycles. The van der Waals surface area contributed by atoms with Gasteiger partial charge in [-0.05, 0) is 70.7 Å². The quantitative estimate of drug-likeness (QED) is 0.645. The average molecular weight is 432 g/mol.